The highest BCUT2D eigenvalue weighted by molar-refractivity contribution is 5.97. The van der Waals surface area contributed by atoms with E-state index >= 15 is 0 Å². The average molecular weight is 504 g/mol. The van der Waals surface area contributed by atoms with E-state index in [0.717, 1.165) is 42.4 Å². The molecule has 8 heteroatoms. The SMILES string of the molecule is O=C(N[C@@H]1CC[C@@H](C(=O)O)C1)C(c1ccc(CN2N=C(c3ccccc3)OCC2=O)cc1)C1CCCC1. The predicted octanol–water partition coefficient (Wildman–Crippen LogP) is 4.05. The monoisotopic (exact) mass is 503 g/mol. The molecule has 3 aliphatic rings. The van der Waals surface area contributed by atoms with Gasteiger partial charge in [0.05, 0.1) is 18.4 Å². The molecule has 5 rings (SSSR count). The molecule has 2 aromatic rings. The summed E-state index contributed by atoms with van der Waals surface area (Å²) in [4.78, 5) is 37.2. The van der Waals surface area contributed by atoms with Crippen LogP contribution in [0.3, 0.4) is 0 Å². The van der Waals surface area contributed by atoms with Gasteiger partial charge in [0.25, 0.3) is 5.91 Å². The first-order valence-corrected chi connectivity index (χ1v) is 13.2. The van der Waals surface area contributed by atoms with Gasteiger partial charge in [-0.25, -0.2) is 5.01 Å². The molecule has 3 atom stereocenters. The van der Waals surface area contributed by atoms with Crippen LogP contribution in [-0.4, -0.2) is 46.4 Å². The molecule has 0 saturated heterocycles. The maximum Gasteiger partial charge on any atom is 0.306 e. The molecule has 2 aliphatic carbocycles. The zero-order valence-electron chi connectivity index (χ0n) is 20.8. The van der Waals surface area contributed by atoms with E-state index in [9.17, 15) is 19.5 Å². The zero-order valence-corrected chi connectivity index (χ0v) is 20.8. The largest absolute Gasteiger partial charge is 0.481 e. The van der Waals surface area contributed by atoms with Crippen molar-refractivity contribution in [2.45, 2.75) is 63.5 Å². The summed E-state index contributed by atoms with van der Waals surface area (Å²) in [6.45, 7) is 0.261. The van der Waals surface area contributed by atoms with Crippen LogP contribution >= 0.6 is 0 Å². The predicted molar refractivity (Wildman–Crippen MR) is 138 cm³/mol. The number of carboxylic acids is 1. The number of hydrazone groups is 1. The fourth-order valence-electron chi connectivity index (χ4n) is 5.80. The Morgan fingerprint density at radius 2 is 1.76 bits per heavy atom. The fraction of sp³-hybridized carbons (Fsp3) is 0.448. The second-order valence-electron chi connectivity index (χ2n) is 10.3. The number of nitrogens with one attached hydrogen (secondary N) is 1. The minimum absolute atomic E-state index is 0.00357. The van der Waals surface area contributed by atoms with Gasteiger partial charge in [-0.15, -0.1) is 5.10 Å². The molecule has 0 aromatic heterocycles. The third-order valence-corrected chi connectivity index (χ3v) is 7.81. The summed E-state index contributed by atoms with van der Waals surface area (Å²) >= 11 is 0. The van der Waals surface area contributed by atoms with E-state index in [2.05, 4.69) is 10.4 Å². The molecule has 0 radical (unpaired) electrons. The van der Waals surface area contributed by atoms with E-state index in [1.165, 1.54) is 5.01 Å². The summed E-state index contributed by atoms with van der Waals surface area (Å²) in [5, 5.41) is 18.3. The van der Waals surface area contributed by atoms with Crippen LogP contribution in [0.1, 0.15) is 67.6 Å². The number of carboxylic acid groups (broad SMARTS) is 1. The molecule has 0 spiro atoms. The van der Waals surface area contributed by atoms with Gasteiger partial charge >= 0.3 is 5.97 Å². The highest BCUT2D eigenvalue weighted by Gasteiger charge is 2.36. The minimum Gasteiger partial charge on any atom is -0.481 e. The van der Waals surface area contributed by atoms with Crippen LogP contribution < -0.4 is 5.32 Å². The van der Waals surface area contributed by atoms with E-state index in [1.54, 1.807) is 0 Å². The second-order valence-corrected chi connectivity index (χ2v) is 10.3. The molecule has 2 fully saturated rings. The highest BCUT2D eigenvalue weighted by Crippen LogP contribution is 2.38. The topological polar surface area (TPSA) is 108 Å². The van der Waals surface area contributed by atoms with E-state index in [0.29, 0.717) is 31.7 Å². The van der Waals surface area contributed by atoms with Gasteiger partial charge < -0.3 is 15.2 Å². The number of ether oxygens (including phenoxy) is 1. The lowest BCUT2D eigenvalue weighted by Crippen LogP contribution is -2.39. The van der Waals surface area contributed by atoms with Crippen LogP contribution in [0.4, 0.5) is 0 Å². The first kappa shape index (κ1) is 25.0. The first-order chi connectivity index (χ1) is 18.0. The lowest BCUT2D eigenvalue weighted by atomic mass is 9.83. The van der Waals surface area contributed by atoms with Gasteiger partial charge in [-0.05, 0) is 61.3 Å². The molecular formula is C29H33N3O5. The highest BCUT2D eigenvalue weighted by atomic mass is 16.5. The minimum atomic E-state index is -0.779. The number of hydrogen-bond donors (Lipinski definition) is 2. The van der Waals surface area contributed by atoms with Crippen LogP contribution in [0, 0.1) is 11.8 Å². The number of rotatable bonds is 8. The van der Waals surface area contributed by atoms with Crippen LogP contribution in [0.2, 0.25) is 0 Å². The van der Waals surface area contributed by atoms with E-state index in [1.807, 2.05) is 54.6 Å². The fourth-order valence-corrected chi connectivity index (χ4v) is 5.80. The number of carbonyl (C=O) groups excluding carboxylic acids is 2. The zero-order chi connectivity index (χ0) is 25.8. The Labute approximate surface area is 216 Å². The average Bonchev–Trinajstić information content (AvgIpc) is 3.60. The molecule has 8 nitrogen and oxygen atoms in total. The standard InChI is InChI=1S/C29H33N3O5/c33-25-18-37-28(22-8-2-1-3-9-22)31-32(25)17-19-10-12-21(13-11-19)26(20-6-4-5-7-20)27(34)30-24-15-14-23(16-24)29(35)36/h1-3,8-13,20,23-24,26H,4-7,14-18H2,(H,30,34)(H,35,36)/t23-,24-,26?/m1/s1. The first-order valence-electron chi connectivity index (χ1n) is 13.2. The van der Waals surface area contributed by atoms with Crippen LogP contribution in [0.25, 0.3) is 0 Å². The van der Waals surface area contributed by atoms with Gasteiger partial charge in [0, 0.05) is 11.6 Å². The van der Waals surface area contributed by atoms with E-state index < -0.39 is 5.97 Å². The van der Waals surface area contributed by atoms with Crippen molar-refractivity contribution in [1.82, 2.24) is 10.3 Å². The van der Waals surface area contributed by atoms with E-state index in [-0.39, 0.29) is 42.2 Å². The van der Waals surface area contributed by atoms with Crippen molar-refractivity contribution in [2.75, 3.05) is 6.61 Å². The number of hydrogen-bond acceptors (Lipinski definition) is 5. The summed E-state index contributed by atoms with van der Waals surface area (Å²) < 4.78 is 5.53. The lowest BCUT2D eigenvalue weighted by molar-refractivity contribution is -0.141. The van der Waals surface area contributed by atoms with Gasteiger partial charge in [-0.2, -0.15) is 0 Å². The molecule has 2 saturated carbocycles. The van der Waals surface area contributed by atoms with Gasteiger partial charge in [0.15, 0.2) is 6.61 Å². The van der Waals surface area contributed by atoms with Crippen molar-refractivity contribution in [1.29, 1.82) is 0 Å². The molecule has 0 bridgehead atoms. The van der Waals surface area contributed by atoms with Crippen molar-refractivity contribution < 1.29 is 24.2 Å². The van der Waals surface area contributed by atoms with E-state index in [4.69, 9.17) is 4.74 Å². The Kier molecular flexibility index (Phi) is 7.53. The molecule has 1 heterocycles. The van der Waals surface area contributed by atoms with Crippen molar-refractivity contribution in [2.24, 2.45) is 16.9 Å². The third kappa shape index (κ3) is 5.84. The molecule has 1 unspecified atom stereocenters. The summed E-state index contributed by atoms with van der Waals surface area (Å²) in [5.74, 6) is -0.915. The maximum absolute atomic E-state index is 13.4. The second kappa shape index (κ2) is 11.2. The Balaban J connectivity index is 1.29. The Morgan fingerprint density at radius 1 is 1.03 bits per heavy atom. The van der Waals surface area contributed by atoms with Gasteiger partial charge in [-0.3, -0.25) is 14.4 Å². The number of amides is 2. The smallest absolute Gasteiger partial charge is 0.306 e. The number of benzene rings is 2. The summed E-state index contributed by atoms with van der Waals surface area (Å²) in [6.07, 6.45) is 6.09. The number of aliphatic carboxylic acids is 1. The molecular weight excluding hydrogens is 470 g/mol. The van der Waals surface area contributed by atoms with Gasteiger partial charge in [-0.1, -0.05) is 55.3 Å². The van der Waals surface area contributed by atoms with Crippen molar-refractivity contribution in [3.8, 4) is 0 Å². The van der Waals surface area contributed by atoms with Gasteiger partial charge in [0.2, 0.25) is 11.8 Å². The summed E-state index contributed by atoms with van der Waals surface area (Å²) in [7, 11) is 0. The van der Waals surface area contributed by atoms with Crippen LogP contribution in [-0.2, 0) is 25.7 Å². The molecule has 2 N–H and O–H groups in total. The Bertz CT molecular complexity index is 1160. The molecule has 2 aromatic carbocycles. The maximum atomic E-state index is 13.4. The number of carbonyl (C=O) groups is 3. The van der Waals surface area contributed by atoms with Crippen molar-refractivity contribution in [3.05, 3.63) is 71.3 Å². The quantitative estimate of drug-likeness (QED) is 0.565. The summed E-state index contributed by atoms with van der Waals surface area (Å²) in [5.41, 5.74) is 2.70. The molecule has 37 heavy (non-hydrogen) atoms. The van der Waals surface area contributed by atoms with Crippen LogP contribution in [0.5, 0.6) is 0 Å². The lowest BCUT2D eigenvalue weighted by Gasteiger charge is -2.26. The third-order valence-electron chi connectivity index (χ3n) is 7.81. The normalized spacial score (nSPS) is 22.9. The Hall–Kier alpha value is -3.68. The van der Waals surface area contributed by atoms with Crippen molar-refractivity contribution >= 4 is 23.7 Å². The molecule has 194 valence electrons. The molecule has 1 aliphatic heterocycles. The number of nitrogens with zero attached hydrogens (tertiary/aromatic N) is 2. The van der Waals surface area contributed by atoms with Crippen molar-refractivity contribution in [3.63, 3.8) is 0 Å². The summed E-state index contributed by atoms with van der Waals surface area (Å²) in [6, 6.07) is 17.3. The molecule has 2 amide bonds. The van der Waals surface area contributed by atoms with Crippen LogP contribution in [0.15, 0.2) is 59.7 Å². The van der Waals surface area contributed by atoms with Gasteiger partial charge in [0.1, 0.15) is 0 Å². The Morgan fingerprint density at radius 3 is 2.43 bits per heavy atom.